The molecule has 17 heavy (non-hydrogen) atoms. The van der Waals surface area contributed by atoms with Crippen molar-refractivity contribution in [1.29, 1.82) is 5.26 Å². The molecule has 1 aromatic heterocycles. The van der Waals surface area contributed by atoms with Crippen LogP contribution in [0.5, 0.6) is 0 Å². The van der Waals surface area contributed by atoms with Gasteiger partial charge in [-0.25, -0.2) is 9.97 Å². The molecular weight excluding hydrogens is 212 g/mol. The van der Waals surface area contributed by atoms with Crippen LogP contribution in [0.3, 0.4) is 0 Å². The summed E-state index contributed by atoms with van der Waals surface area (Å²) in [5, 5.41) is 11.9. The highest BCUT2D eigenvalue weighted by Gasteiger charge is 2.64. The van der Waals surface area contributed by atoms with Crippen LogP contribution in [0.25, 0.3) is 0 Å². The van der Waals surface area contributed by atoms with Gasteiger partial charge < -0.3 is 5.32 Å². The predicted octanol–water partition coefficient (Wildman–Crippen LogP) is 2.44. The van der Waals surface area contributed by atoms with Crippen LogP contribution in [0.4, 0.5) is 5.82 Å². The second-order valence-corrected chi connectivity index (χ2v) is 5.78. The zero-order chi connectivity index (χ0) is 12.7. The summed E-state index contributed by atoms with van der Waals surface area (Å²) in [4.78, 5) is 8.13. The number of nitrogens with one attached hydrogen (secondary N) is 1. The monoisotopic (exact) mass is 230 g/mol. The third-order valence-electron chi connectivity index (χ3n) is 4.57. The van der Waals surface area contributed by atoms with Crippen LogP contribution in [0, 0.1) is 28.1 Å². The largest absolute Gasteiger partial charge is 0.368 e. The highest BCUT2D eigenvalue weighted by Crippen LogP contribution is 2.68. The van der Waals surface area contributed by atoms with Crippen LogP contribution in [-0.2, 0) is 0 Å². The van der Waals surface area contributed by atoms with Crippen LogP contribution in [0.15, 0.2) is 12.4 Å². The third-order valence-corrected chi connectivity index (χ3v) is 4.57. The summed E-state index contributed by atoms with van der Waals surface area (Å²) < 4.78 is 0. The third kappa shape index (κ3) is 1.86. The molecule has 0 atom stereocenters. The Morgan fingerprint density at radius 2 is 1.88 bits per heavy atom. The number of nitriles is 1. The minimum absolute atomic E-state index is 0.350. The topological polar surface area (TPSA) is 61.6 Å². The molecule has 0 unspecified atom stereocenters. The fourth-order valence-electron chi connectivity index (χ4n) is 2.53. The van der Waals surface area contributed by atoms with Gasteiger partial charge in [-0.15, -0.1) is 0 Å². The van der Waals surface area contributed by atoms with E-state index in [9.17, 15) is 0 Å². The highest BCUT2D eigenvalue weighted by molar-refractivity contribution is 5.34. The molecule has 0 bridgehead atoms. The molecule has 4 nitrogen and oxygen atoms in total. The predicted molar refractivity (Wildman–Crippen MR) is 66.3 cm³/mol. The van der Waals surface area contributed by atoms with E-state index >= 15 is 0 Å². The van der Waals surface area contributed by atoms with Gasteiger partial charge in [0, 0.05) is 6.54 Å². The van der Waals surface area contributed by atoms with Gasteiger partial charge in [0.05, 0.1) is 12.4 Å². The van der Waals surface area contributed by atoms with Crippen molar-refractivity contribution in [1.82, 2.24) is 9.97 Å². The fourth-order valence-corrected chi connectivity index (χ4v) is 2.53. The van der Waals surface area contributed by atoms with E-state index in [1.807, 2.05) is 6.07 Å². The fraction of sp³-hybridized carbons (Fsp3) is 0.615. The zero-order valence-corrected chi connectivity index (χ0v) is 10.8. The van der Waals surface area contributed by atoms with Crippen molar-refractivity contribution in [3.63, 3.8) is 0 Å². The maximum atomic E-state index is 8.62. The molecule has 0 spiro atoms. The first-order valence-corrected chi connectivity index (χ1v) is 5.85. The van der Waals surface area contributed by atoms with Crippen LogP contribution in [0.1, 0.15) is 33.4 Å². The summed E-state index contributed by atoms with van der Waals surface area (Å²) in [5.41, 5.74) is 1.10. The van der Waals surface area contributed by atoms with Gasteiger partial charge in [-0.3, -0.25) is 0 Å². The molecular formula is C13H18N4. The number of anilines is 1. The molecule has 1 saturated carbocycles. The zero-order valence-electron chi connectivity index (χ0n) is 10.8. The molecule has 1 aliphatic rings. The van der Waals surface area contributed by atoms with Gasteiger partial charge in [0.25, 0.3) is 0 Å². The standard InChI is InChI=1S/C13H18N4/c1-12(2)10(13(12,3)4)7-17-11-8-15-9(5-14)6-16-11/h6,8,10H,7H2,1-4H3,(H,16,17). The normalized spacial score (nSPS) is 20.6. The van der Waals surface area contributed by atoms with E-state index in [0.717, 1.165) is 12.4 Å². The molecule has 1 N–H and O–H groups in total. The Morgan fingerprint density at radius 1 is 1.24 bits per heavy atom. The van der Waals surface area contributed by atoms with Gasteiger partial charge in [0.2, 0.25) is 0 Å². The Bertz CT molecular complexity index is 439. The first-order valence-electron chi connectivity index (χ1n) is 5.85. The molecule has 0 aromatic carbocycles. The lowest BCUT2D eigenvalue weighted by molar-refractivity contribution is 0.457. The molecule has 90 valence electrons. The van der Waals surface area contributed by atoms with Gasteiger partial charge in [0.15, 0.2) is 5.69 Å². The molecule has 4 heteroatoms. The lowest BCUT2D eigenvalue weighted by atomic mass is 10.0. The van der Waals surface area contributed by atoms with Crippen LogP contribution in [0.2, 0.25) is 0 Å². The Hall–Kier alpha value is -1.63. The summed E-state index contributed by atoms with van der Waals surface area (Å²) in [6, 6.07) is 1.96. The molecule has 2 rings (SSSR count). The molecule has 1 fully saturated rings. The summed E-state index contributed by atoms with van der Waals surface area (Å²) in [7, 11) is 0. The van der Waals surface area contributed by atoms with E-state index in [2.05, 4.69) is 43.0 Å². The van der Waals surface area contributed by atoms with Gasteiger partial charge in [-0.2, -0.15) is 5.26 Å². The van der Waals surface area contributed by atoms with Gasteiger partial charge in [0.1, 0.15) is 11.9 Å². The SMILES string of the molecule is CC1(C)C(CNc2cnc(C#N)cn2)C1(C)C. The summed E-state index contributed by atoms with van der Waals surface area (Å²) >= 11 is 0. The summed E-state index contributed by atoms with van der Waals surface area (Å²) in [6.07, 6.45) is 3.10. The van der Waals surface area contributed by atoms with Crippen LogP contribution in [-0.4, -0.2) is 16.5 Å². The lowest BCUT2D eigenvalue weighted by Crippen LogP contribution is -2.09. The van der Waals surface area contributed by atoms with Gasteiger partial charge in [-0.05, 0) is 16.7 Å². The van der Waals surface area contributed by atoms with E-state index in [1.165, 1.54) is 6.20 Å². The molecule has 0 radical (unpaired) electrons. The number of aromatic nitrogens is 2. The van der Waals surface area contributed by atoms with Crippen molar-refractivity contribution >= 4 is 5.82 Å². The van der Waals surface area contributed by atoms with Crippen molar-refractivity contribution in [3.05, 3.63) is 18.1 Å². The first-order chi connectivity index (χ1) is 7.89. The van der Waals surface area contributed by atoms with Crippen molar-refractivity contribution in [2.45, 2.75) is 27.7 Å². The van der Waals surface area contributed by atoms with E-state index in [-0.39, 0.29) is 0 Å². The number of nitrogens with zero attached hydrogens (tertiary/aromatic N) is 3. The average molecular weight is 230 g/mol. The molecule has 1 heterocycles. The Labute approximate surface area is 102 Å². The number of hydrogen-bond acceptors (Lipinski definition) is 4. The van der Waals surface area contributed by atoms with Gasteiger partial charge in [-0.1, -0.05) is 27.7 Å². The Balaban J connectivity index is 1.94. The smallest absolute Gasteiger partial charge is 0.158 e. The second kappa shape index (κ2) is 3.69. The minimum Gasteiger partial charge on any atom is -0.368 e. The average Bonchev–Trinajstić information content (AvgIpc) is 2.68. The van der Waals surface area contributed by atoms with E-state index < -0.39 is 0 Å². The Kier molecular flexibility index (Phi) is 2.57. The molecule has 0 amide bonds. The molecule has 0 saturated heterocycles. The van der Waals surface area contributed by atoms with E-state index in [1.54, 1.807) is 6.20 Å². The van der Waals surface area contributed by atoms with Crippen LogP contribution >= 0.6 is 0 Å². The number of rotatable bonds is 3. The molecule has 1 aliphatic carbocycles. The number of hydrogen-bond donors (Lipinski definition) is 1. The molecule has 0 aliphatic heterocycles. The van der Waals surface area contributed by atoms with Crippen LogP contribution < -0.4 is 5.32 Å². The van der Waals surface area contributed by atoms with Crippen molar-refractivity contribution in [3.8, 4) is 6.07 Å². The maximum absolute atomic E-state index is 8.62. The maximum Gasteiger partial charge on any atom is 0.158 e. The molecule has 1 aromatic rings. The quantitative estimate of drug-likeness (QED) is 0.866. The van der Waals surface area contributed by atoms with Crippen molar-refractivity contribution < 1.29 is 0 Å². The summed E-state index contributed by atoms with van der Waals surface area (Å²) in [6.45, 7) is 10.1. The Morgan fingerprint density at radius 3 is 2.29 bits per heavy atom. The van der Waals surface area contributed by atoms with E-state index in [4.69, 9.17) is 5.26 Å². The lowest BCUT2D eigenvalue weighted by Gasteiger charge is -2.05. The van der Waals surface area contributed by atoms with Gasteiger partial charge >= 0.3 is 0 Å². The highest BCUT2D eigenvalue weighted by atomic mass is 15.0. The first kappa shape index (κ1) is 11.8. The summed E-state index contributed by atoms with van der Waals surface area (Å²) in [5.74, 6) is 1.38. The van der Waals surface area contributed by atoms with E-state index in [0.29, 0.717) is 22.4 Å². The minimum atomic E-state index is 0.350. The van der Waals surface area contributed by atoms with Crippen molar-refractivity contribution in [2.75, 3.05) is 11.9 Å². The van der Waals surface area contributed by atoms with Crippen molar-refractivity contribution in [2.24, 2.45) is 16.7 Å². The second-order valence-electron chi connectivity index (χ2n) is 5.78.